The predicted octanol–water partition coefficient (Wildman–Crippen LogP) is 3.94. The zero-order chi connectivity index (χ0) is 21.8. The Morgan fingerprint density at radius 2 is 1.97 bits per heavy atom. The number of carbonyl (C=O) groups is 1. The van der Waals surface area contributed by atoms with Crippen molar-refractivity contribution in [3.05, 3.63) is 41.3 Å². The van der Waals surface area contributed by atoms with E-state index >= 15 is 0 Å². The van der Waals surface area contributed by atoms with Crippen LogP contribution in [0.15, 0.2) is 28.8 Å². The van der Waals surface area contributed by atoms with Gasteiger partial charge in [-0.15, -0.1) is 0 Å². The lowest BCUT2D eigenvalue weighted by Gasteiger charge is -2.32. The van der Waals surface area contributed by atoms with Crippen LogP contribution in [0.3, 0.4) is 0 Å². The molecule has 1 amide bonds. The van der Waals surface area contributed by atoms with E-state index in [4.69, 9.17) is 14.0 Å². The van der Waals surface area contributed by atoms with E-state index in [2.05, 4.69) is 23.0 Å². The van der Waals surface area contributed by atoms with Crippen LogP contribution in [0.1, 0.15) is 60.3 Å². The van der Waals surface area contributed by atoms with Gasteiger partial charge in [0.2, 0.25) is 5.76 Å². The smallest absolute Gasteiger partial charge is 0.292 e. The summed E-state index contributed by atoms with van der Waals surface area (Å²) in [5.74, 6) is 2.83. The Morgan fingerprint density at radius 1 is 1.16 bits per heavy atom. The Morgan fingerprint density at radius 3 is 2.71 bits per heavy atom. The van der Waals surface area contributed by atoms with E-state index in [-0.39, 0.29) is 11.8 Å². The maximum absolute atomic E-state index is 12.8. The molecule has 0 spiro atoms. The first-order valence-electron chi connectivity index (χ1n) is 11.3. The number of hydrogen-bond acceptors (Lipinski definition) is 6. The number of rotatable bonds is 6. The minimum absolute atomic E-state index is 0.0283. The van der Waals surface area contributed by atoms with Crippen LogP contribution in [-0.2, 0) is 6.54 Å². The van der Waals surface area contributed by atoms with Crippen LogP contribution in [0.5, 0.6) is 11.5 Å². The molecule has 4 rings (SSSR count). The number of para-hydroxylation sites is 1. The van der Waals surface area contributed by atoms with Crippen molar-refractivity contribution in [1.82, 2.24) is 15.0 Å². The molecule has 3 heterocycles. The standard InChI is InChI=1S/C24H33N3O4/c1-17-9-12-27(13-10-17)24(28)22-14-20(25-31-22)18-7-5-11-26(15-18)16-19-6-4-8-21(29-2)23(19)30-3/h4,6,8,14,17-18H,5,7,9-13,15-16H2,1-3H3/t18-/m1/s1. The molecule has 0 unspecified atom stereocenters. The number of likely N-dealkylation sites (tertiary alicyclic amines) is 2. The Balaban J connectivity index is 1.41. The summed E-state index contributed by atoms with van der Waals surface area (Å²) in [6.07, 6.45) is 4.24. The molecule has 0 N–H and O–H groups in total. The van der Waals surface area contributed by atoms with E-state index in [1.807, 2.05) is 23.1 Å². The summed E-state index contributed by atoms with van der Waals surface area (Å²) < 4.78 is 16.5. The SMILES string of the molecule is COc1cccc(CN2CCC[C@@H](c3cc(C(=O)N4CCC(C)CC4)on3)C2)c1OC. The Bertz CT molecular complexity index is 889. The molecule has 7 heteroatoms. The number of hydrogen-bond donors (Lipinski definition) is 0. The largest absolute Gasteiger partial charge is 0.493 e. The van der Waals surface area contributed by atoms with Crippen molar-refractivity contribution >= 4 is 5.91 Å². The molecule has 2 aliphatic rings. The second-order valence-electron chi connectivity index (χ2n) is 8.82. The highest BCUT2D eigenvalue weighted by atomic mass is 16.5. The van der Waals surface area contributed by atoms with Gasteiger partial charge in [-0.2, -0.15) is 0 Å². The number of carbonyl (C=O) groups excluding carboxylic acids is 1. The third kappa shape index (κ3) is 4.87. The zero-order valence-corrected chi connectivity index (χ0v) is 18.8. The van der Waals surface area contributed by atoms with Crippen molar-refractivity contribution in [2.45, 2.75) is 45.1 Å². The van der Waals surface area contributed by atoms with Crippen LogP contribution in [-0.4, -0.2) is 61.3 Å². The summed E-state index contributed by atoms with van der Waals surface area (Å²) in [4.78, 5) is 17.1. The fourth-order valence-electron chi connectivity index (χ4n) is 4.71. The van der Waals surface area contributed by atoms with Crippen LogP contribution in [0.2, 0.25) is 0 Å². The van der Waals surface area contributed by atoms with Crippen molar-refractivity contribution in [2.24, 2.45) is 5.92 Å². The molecule has 2 aliphatic heterocycles. The average molecular weight is 428 g/mol. The van der Waals surface area contributed by atoms with Crippen LogP contribution in [0.4, 0.5) is 0 Å². The summed E-state index contributed by atoms with van der Waals surface area (Å²) in [6.45, 7) is 6.52. The molecule has 1 aromatic carbocycles. The molecule has 2 fully saturated rings. The van der Waals surface area contributed by atoms with Gasteiger partial charge in [-0.1, -0.05) is 24.2 Å². The average Bonchev–Trinajstić information content (AvgIpc) is 3.29. The number of ether oxygens (including phenoxy) is 2. The molecule has 0 bridgehead atoms. The van der Waals surface area contributed by atoms with Gasteiger partial charge in [0.1, 0.15) is 0 Å². The van der Waals surface area contributed by atoms with Crippen molar-refractivity contribution in [3.63, 3.8) is 0 Å². The van der Waals surface area contributed by atoms with Gasteiger partial charge in [-0.05, 0) is 44.2 Å². The van der Waals surface area contributed by atoms with E-state index in [0.29, 0.717) is 11.7 Å². The Kier molecular flexibility index (Phi) is 6.80. The molecule has 2 saturated heterocycles. The first kappa shape index (κ1) is 21.7. The van der Waals surface area contributed by atoms with Gasteiger partial charge in [0.15, 0.2) is 11.5 Å². The van der Waals surface area contributed by atoms with Crippen LogP contribution < -0.4 is 9.47 Å². The number of methoxy groups -OCH3 is 2. The summed E-state index contributed by atoms with van der Waals surface area (Å²) in [5, 5.41) is 4.28. The molecule has 0 radical (unpaired) electrons. The second-order valence-corrected chi connectivity index (χ2v) is 8.82. The maximum atomic E-state index is 12.8. The molecule has 7 nitrogen and oxygen atoms in total. The number of nitrogens with zero attached hydrogens (tertiary/aromatic N) is 3. The van der Waals surface area contributed by atoms with Gasteiger partial charge >= 0.3 is 0 Å². The zero-order valence-electron chi connectivity index (χ0n) is 18.8. The maximum Gasteiger partial charge on any atom is 0.292 e. The highest BCUT2D eigenvalue weighted by Gasteiger charge is 2.28. The summed E-state index contributed by atoms with van der Waals surface area (Å²) in [5.41, 5.74) is 1.99. The Labute approximate surface area is 184 Å². The quantitative estimate of drug-likeness (QED) is 0.696. The van der Waals surface area contributed by atoms with Crippen molar-refractivity contribution in [2.75, 3.05) is 40.4 Å². The molecule has 1 aromatic heterocycles. The van der Waals surface area contributed by atoms with Gasteiger partial charge in [-0.25, -0.2) is 0 Å². The number of piperidine rings is 2. The van der Waals surface area contributed by atoms with E-state index in [0.717, 1.165) is 81.2 Å². The van der Waals surface area contributed by atoms with Crippen LogP contribution in [0.25, 0.3) is 0 Å². The van der Waals surface area contributed by atoms with E-state index in [9.17, 15) is 4.79 Å². The topological polar surface area (TPSA) is 68.0 Å². The molecule has 1 atom stereocenters. The monoisotopic (exact) mass is 427 g/mol. The third-order valence-corrected chi connectivity index (χ3v) is 6.61. The van der Waals surface area contributed by atoms with Crippen molar-refractivity contribution in [1.29, 1.82) is 0 Å². The van der Waals surface area contributed by atoms with Crippen molar-refractivity contribution < 1.29 is 18.8 Å². The molecule has 168 valence electrons. The fourth-order valence-corrected chi connectivity index (χ4v) is 4.71. The van der Waals surface area contributed by atoms with Crippen molar-refractivity contribution in [3.8, 4) is 11.5 Å². The van der Waals surface area contributed by atoms with Gasteiger partial charge < -0.3 is 18.9 Å². The molecular weight excluding hydrogens is 394 g/mol. The van der Waals surface area contributed by atoms with Gasteiger partial charge in [0, 0.05) is 43.7 Å². The summed E-state index contributed by atoms with van der Waals surface area (Å²) in [6, 6.07) is 7.85. The predicted molar refractivity (Wildman–Crippen MR) is 118 cm³/mol. The van der Waals surface area contributed by atoms with E-state index in [1.165, 1.54) is 0 Å². The minimum Gasteiger partial charge on any atom is -0.493 e. The Hall–Kier alpha value is -2.54. The van der Waals surface area contributed by atoms with Gasteiger partial charge in [0.05, 0.1) is 19.9 Å². The second kappa shape index (κ2) is 9.73. The fraction of sp³-hybridized carbons (Fsp3) is 0.583. The number of aromatic nitrogens is 1. The molecule has 2 aromatic rings. The highest BCUT2D eigenvalue weighted by molar-refractivity contribution is 5.91. The molecule has 31 heavy (non-hydrogen) atoms. The normalized spacial score (nSPS) is 20.6. The van der Waals surface area contributed by atoms with Gasteiger partial charge in [0.25, 0.3) is 5.91 Å². The summed E-state index contributed by atoms with van der Waals surface area (Å²) >= 11 is 0. The van der Waals surface area contributed by atoms with Crippen LogP contribution in [0, 0.1) is 5.92 Å². The molecular formula is C24H33N3O4. The van der Waals surface area contributed by atoms with Gasteiger partial charge in [-0.3, -0.25) is 9.69 Å². The highest BCUT2D eigenvalue weighted by Crippen LogP contribution is 2.34. The molecule has 0 saturated carbocycles. The first-order valence-corrected chi connectivity index (χ1v) is 11.3. The summed E-state index contributed by atoms with van der Waals surface area (Å²) in [7, 11) is 3.34. The van der Waals surface area contributed by atoms with Crippen LogP contribution >= 0.6 is 0 Å². The van der Waals surface area contributed by atoms with E-state index in [1.54, 1.807) is 14.2 Å². The first-order chi connectivity index (χ1) is 15.1. The lowest BCUT2D eigenvalue weighted by Crippen LogP contribution is -2.37. The third-order valence-electron chi connectivity index (χ3n) is 6.61. The van der Waals surface area contributed by atoms with E-state index < -0.39 is 0 Å². The number of amides is 1. The number of benzene rings is 1. The molecule has 0 aliphatic carbocycles. The lowest BCUT2D eigenvalue weighted by molar-refractivity contribution is 0.0655. The lowest BCUT2D eigenvalue weighted by atomic mass is 9.94. The minimum atomic E-state index is -0.0283.